The summed E-state index contributed by atoms with van der Waals surface area (Å²) in [6, 6.07) is -1.18. The molecule has 1 rings (SSSR count). The number of carbonyl (C=O) groups is 3. The lowest BCUT2D eigenvalue weighted by atomic mass is 9.98. The minimum atomic E-state index is -1.61. The van der Waals surface area contributed by atoms with Gasteiger partial charge >= 0.3 is 11.9 Å². The summed E-state index contributed by atoms with van der Waals surface area (Å²) in [4.78, 5) is 44.0. The van der Waals surface area contributed by atoms with E-state index < -0.39 is 68.4 Å². The number of likely N-dealkylation sites (N-methyl/N-ethyl adjacent to an activating group) is 1. The normalized spacial score (nSPS) is 19.6. The van der Waals surface area contributed by atoms with Gasteiger partial charge in [-0.25, -0.2) is 9.59 Å². The highest BCUT2D eigenvalue weighted by atomic mass is 16.7. The molecule has 1 saturated heterocycles. The lowest BCUT2D eigenvalue weighted by molar-refractivity contribution is -0.325. The van der Waals surface area contributed by atoms with Gasteiger partial charge in [-0.1, -0.05) is 200 Å². The first-order chi connectivity index (χ1) is 29.7. The maximum Gasteiger partial charge on any atom is 0.334 e. The number of aliphatic hydroxyl groups excluding tert-OH is 4. The number of aliphatic hydroxyl groups is 4. The van der Waals surface area contributed by atoms with Gasteiger partial charge < -0.3 is 40.0 Å². The molecule has 1 heterocycles. The summed E-state index contributed by atoms with van der Waals surface area (Å²) in [5.74, 6) is -1.84. The molecule has 6 atom stereocenters. The zero-order valence-corrected chi connectivity index (χ0v) is 39.0. The SMILES string of the molecule is CCCCCCCCCCCCCCCCCCOC(=O)[C@H](COC(=O)CON(C)[C@@H]1O[C@H](CO)[C@@H](O)[C@H](O)[C@H]1O)NC(=O)CCCCCCCCCCCCCCCCC. The van der Waals surface area contributed by atoms with E-state index in [1.54, 1.807) is 0 Å². The van der Waals surface area contributed by atoms with Gasteiger partial charge in [-0.05, 0) is 12.8 Å². The van der Waals surface area contributed by atoms with Crippen molar-refractivity contribution in [1.29, 1.82) is 0 Å². The molecule has 1 aliphatic heterocycles. The fourth-order valence-corrected chi connectivity index (χ4v) is 7.84. The molecule has 61 heavy (non-hydrogen) atoms. The van der Waals surface area contributed by atoms with Crippen molar-refractivity contribution in [3.63, 3.8) is 0 Å². The number of unbranched alkanes of at least 4 members (excludes halogenated alkanes) is 29. The van der Waals surface area contributed by atoms with Crippen LogP contribution < -0.4 is 5.32 Å². The molecule has 0 aromatic carbocycles. The van der Waals surface area contributed by atoms with Crippen LogP contribution in [0.4, 0.5) is 0 Å². The number of nitrogens with zero attached hydrogens (tertiary/aromatic N) is 1. The van der Waals surface area contributed by atoms with E-state index in [1.807, 2.05) is 0 Å². The molecule has 1 fully saturated rings. The van der Waals surface area contributed by atoms with Crippen LogP contribution in [-0.2, 0) is 33.4 Å². The van der Waals surface area contributed by atoms with Crippen molar-refractivity contribution in [2.75, 3.05) is 33.5 Å². The van der Waals surface area contributed by atoms with E-state index in [1.165, 1.54) is 155 Å². The first-order valence-electron chi connectivity index (χ1n) is 24.9. The highest BCUT2D eigenvalue weighted by Gasteiger charge is 2.45. The Labute approximate surface area is 370 Å². The van der Waals surface area contributed by atoms with Crippen LogP contribution in [0.15, 0.2) is 0 Å². The van der Waals surface area contributed by atoms with Gasteiger partial charge in [-0.2, -0.15) is 5.06 Å². The van der Waals surface area contributed by atoms with E-state index in [-0.39, 0.29) is 18.9 Å². The fraction of sp³-hybridized carbons (Fsp3) is 0.938. The third-order valence-corrected chi connectivity index (χ3v) is 11.9. The Morgan fingerprint density at radius 2 is 0.984 bits per heavy atom. The van der Waals surface area contributed by atoms with Crippen molar-refractivity contribution >= 4 is 17.8 Å². The monoisotopic (exact) mass is 873 g/mol. The van der Waals surface area contributed by atoms with Gasteiger partial charge in [0.2, 0.25) is 5.91 Å². The molecule has 13 heteroatoms. The number of hydroxylamine groups is 2. The molecule has 360 valence electrons. The fourth-order valence-electron chi connectivity index (χ4n) is 7.84. The van der Waals surface area contributed by atoms with Crippen LogP contribution in [0.5, 0.6) is 0 Å². The van der Waals surface area contributed by atoms with Gasteiger partial charge in [0.1, 0.15) is 31.0 Å². The Bertz CT molecular complexity index is 1050. The summed E-state index contributed by atoms with van der Waals surface area (Å²) in [5, 5.41) is 43.6. The maximum atomic E-state index is 13.1. The van der Waals surface area contributed by atoms with E-state index in [2.05, 4.69) is 19.2 Å². The minimum Gasteiger partial charge on any atom is -0.464 e. The Kier molecular flexibility index (Phi) is 37.2. The molecule has 0 aliphatic carbocycles. The van der Waals surface area contributed by atoms with Gasteiger partial charge in [-0.3, -0.25) is 9.63 Å². The summed E-state index contributed by atoms with van der Waals surface area (Å²) >= 11 is 0. The lowest BCUT2D eigenvalue weighted by Crippen LogP contribution is -2.62. The van der Waals surface area contributed by atoms with Crippen molar-refractivity contribution in [2.24, 2.45) is 0 Å². The van der Waals surface area contributed by atoms with Crippen molar-refractivity contribution in [2.45, 2.75) is 256 Å². The topological polar surface area (TPSA) is 184 Å². The van der Waals surface area contributed by atoms with Gasteiger partial charge in [0, 0.05) is 13.5 Å². The zero-order valence-electron chi connectivity index (χ0n) is 39.0. The molecular weight excluding hydrogens is 781 g/mol. The van der Waals surface area contributed by atoms with Crippen LogP contribution in [0.2, 0.25) is 0 Å². The Hall–Kier alpha value is -1.87. The molecule has 0 aromatic rings. The summed E-state index contributed by atoms with van der Waals surface area (Å²) in [5.41, 5.74) is 0. The second-order valence-electron chi connectivity index (χ2n) is 17.5. The third-order valence-electron chi connectivity index (χ3n) is 11.9. The van der Waals surface area contributed by atoms with Gasteiger partial charge in [0.05, 0.1) is 13.2 Å². The maximum absolute atomic E-state index is 13.1. The van der Waals surface area contributed by atoms with E-state index in [9.17, 15) is 34.8 Å². The molecule has 1 amide bonds. The van der Waals surface area contributed by atoms with Crippen molar-refractivity contribution in [3.8, 4) is 0 Å². The summed E-state index contributed by atoms with van der Waals surface area (Å²) in [6.45, 7) is 3.02. The van der Waals surface area contributed by atoms with Crippen molar-refractivity contribution in [1.82, 2.24) is 10.4 Å². The molecule has 0 radical (unpaired) electrons. The Balaban J connectivity index is 2.40. The number of ether oxygens (including phenoxy) is 3. The number of esters is 2. The Morgan fingerprint density at radius 3 is 1.41 bits per heavy atom. The average Bonchev–Trinajstić information content (AvgIpc) is 3.25. The van der Waals surface area contributed by atoms with Gasteiger partial charge in [0.15, 0.2) is 18.9 Å². The molecule has 0 aromatic heterocycles. The smallest absolute Gasteiger partial charge is 0.334 e. The Morgan fingerprint density at radius 1 is 0.574 bits per heavy atom. The van der Waals surface area contributed by atoms with E-state index in [4.69, 9.17) is 19.0 Å². The predicted molar refractivity (Wildman–Crippen MR) is 240 cm³/mol. The summed E-state index contributed by atoms with van der Waals surface area (Å²) in [7, 11) is 1.34. The van der Waals surface area contributed by atoms with Crippen LogP contribution in [0.25, 0.3) is 0 Å². The van der Waals surface area contributed by atoms with Gasteiger partial charge in [-0.15, -0.1) is 0 Å². The number of rotatable bonds is 42. The van der Waals surface area contributed by atoms with Crippen molar-refractivity contribution in [3.05, 3.63) is 0 Å². The van der Waals surface area contributed by atoms with E-state index in [0.717, 1.165) is 43.6 Å². The molecule has 1 aliphatic rings. The van der Waals surface area contributed by atoms with E-state index in [0.29, 0.717) is 12.8 Å². The standard InChI is InChI=1S/C48H92N2O11/c1-4-6-8-10-12-14-16-18-20-22-24-26-28-30-32-34-36-58-48(57)40(38-59-43(53)39-60-50(3)47-46(56)45(55)44(54)41(37-51)61-47)49-42(52)35-33-31-29-27-25-23-21-19-17-15-13-11-9-7-5-2/h40-41,44-47,51,54-56H,4-39H2,1-3H3,(H,49,52)/t40-,41+,44+,45-,46+,47+/m0/s1. The molecule has 0 saturated carbocycles. The number of hydrogen-bond acceptors (Lipinski definition) is 12. The number of nitrogens with one attached hydrogen (secondary N) is 1. The molecule has 13 nitrogen and oxygen atoms in total. The third kappa shape index (κ3) is 30.0. The first kappa shape index (κ1) is 57.1. The predicted octanol–water partition coefficient (Wildman–Crippen LogP) is 8.74. The van der Waals surface area contributed by atoms with Crippen LogP contribution in [0.3, 0.4) is 0 Å². The number of carbonyl (C=O) groups excluding carboxylic acids is 3. The highest BCUT2D eigenvalue weighted by molar-refractivity contribution is 5.84. The van der Waals surface area contributed by atoms with Crippen LogP contribution in [0.1, 0.15) is 219 Å². The molecule has 0 unspecified atom stereocenters. The molecule has 0 bridgehead atoms. The number of amides is 1. The second kappa shape index (κ2) is 39.7. The number of hydrogen-bond donors (Lipinski definition) is 5. The van der Waals surface area contributed by atoms with Crippen LogP contribution in [0, 0.1) is 0 Å². The molecular formula is C48H92N2O11. The van der Waals surface area contributed by atoms with Crippen LogP contribution in [-0.4, -0.2) is 113 Å². The second-order valence-corrected chi connectivity index (χ2v) is 17.5. The minimum absolute atomic E-state index is 0.212. The lowest BCUT2D eigenvalue weighted by Gasteiger charge is -2.42. The quantitative estimate of drug-likeness (QED) is 0.0224. The van der Waals surface area contributed by atoms with E-state index >= 15 is 0 Å². The molecule has 0 spiro atoms. The highest BCUT2D eigenvalue weighted by Crippen LogP contribution is 2.23. The largest absolute Gasteiger partial charge is 0.464 e. The van der Waals surface area contributed by atoms with Crippen molar-refractivity contribution < 1.29 is 53.9 Å². The first-order valence-corrected chi connectivity index (χ1v) is 24.9. The zero-order chi connectivity index (χ0) is 44.8. The molecule has 5 N–H and O–H groups in total. The van der Waals surface area contributed by atoms with Gasteiger partial charge in [0.25, 0.3) is 0 Å². The summed E-state index contributed by atoms with van der Waals surface area (Å²) in [6.07, 6.45) is 31.3. The summed E-state index contributed by atoms with van der Waals surface area (Å²) < 4.78 is 16.3. The average molecular weight is 873 g/mol. The van der Waals surface area contributed by atoms with Crippen LogP contribution >= 0.6 is 0 Å².